The van der Waals surface area contributed by atoms with Crippen molar-refractivity contribution in [3.8, 4) is 0 Å². The van der Waals surface area contributed by atoms with E-state index in [0.29, 0.717) is 5.15 Å². The van der Waals surface area contributed by atoms with E-state index in [4.69, 9.17) is 11.6 Å². The zero-order chi connectivity index (χ0) is 10.8. The van der Waals surface area contributed by atoms with E-state index in [1.54, 1.807) is 6.20 Å². The van der Waals surface area contributed by atoms with Gasteiger partial charge in [-0.15, -0.1) is 0 Å². The number of thiol groups is 1. The molecule has 2 rings (SSSR count). The summed E-state index contributed by atoms with van der Waals surface area (Å²) >= 11 is 9.72. The number of halogens is 1. The number of aromatic nitrogens is 1. The average Bonchev–Trinajstić information content (AvgIpc) is 2.27. The van der Waals surface area contributed by atoms with E-state index >= 15 is 0 Å². The van der Waals surface area contributed by atoms with Crippen molar-refractivity contribution in [3.63, 3.8) is 0 Å². The van der Waals surface area contributed by atoms with Gasteiger partial charge in [-0.05, 0) is 42.8 Å². The number of pyridine rings is 1. The highest BCUT2D eigenvalue weighted by molar-refractivity contribution is 7.79. The number of nitrogens with zero attached hydrogens (tertiary/aromatic N) is 2. The van der Waals surface area contributed by atoms with Crippen molar-refractivity contribution in [2.45, 2.75) is 6.92 Å². The molecule has 0 aliphatic carbocycles. The van der Waals surface area contributed by atoms with Gasteiger partial charge in [0.25, 0.3) is 0 Å². The quantitative estimate of drug-likeness (QED) is 0.457. The van der Waals surface area contributed by atoms with Crippen LogP contribution in [0.5, 0.6) is 0 Å². The molecule has 76 valence electrons. The largest absolute Gasteiger partial charge is 0.244 e. The Morgan fingerprint density at radius 2 is 2.13 bits per heavy atom. The van der Waals surface area contributed by atoms with Crippen molar-refractivity contribution in [1.82, 2.24) is 4.98 Å². The molecule has 0 N–H and O–H groups in total. The molecule has 0 spiro atoms. The summed E-state index contributed by atoms with van der Waals surface area (Å²) in [5.41, 5.74) is 1.92. The van der Waals surface area contributed by atoms with Crippen LogP contribution in [0.2, 0.25) is 5.15 Å². The molecule has 1 aromatic heterocycles. The Morgan fingerprint density at radius 3 is 2.87 bits per heavy atom. The van der Waals surface area contributed by atoms with Crippen molar-refractivity contribution < 1.29 is 0 Å². The highest BCUT2D eigenvalue weighted by Crippen LogP contribution is 2.19. The van der Waals surface area contributed by atoms with E-state index in [2.05, 4.69) is 22.2 Å². The summed E-state index contributed by atoms with van der Waals surface area (Å²) in [5, 5.41) is 2.62. The Labute approximate surface area is 98.6 Å². The SMILES string of the molecule is C/C(=N\S)c1ccc2cnc(Cl)cc2c1. The summed E-state index contributed by atoms with van der Waals surface area (Å²) in [6.45, 7) is 1.91. The first-order valence-corrected chi connectivity index (χ1v) is 5.23. The van der Waals surface area contributed by atoms with Crippen LogP contribution < -0.4 is 0 Å². The third-order valence-electron chi connectivity index (χ3n) is 2.26. The van der Waals surface area contributed by atoms with Gasteiger partial charge in [-0.3, -0.25) is 0 Å². The molecule has 0 saturated heterocycles. The molecular weight excluding hydrogens is 228 g/mol. The van der Waals surface area contributed by atoms with Crippen LogP contribution in [0, 0.1) is 0 Å². The summed E-state index contributed by atoms with van der Waals surface area (Å²) in [7, 11) is 0. The predicted octanol–water partition coefficient (Wildman–Crippen LogP) is 3.54. The lowest BCUT2D eigenvalue weighted by molar-refractivity contribution is 1.36. The van der Waals surface area contributed by atoms with Crippen molar-refractivity contribution >= 4 is 40.9 Å². The fraction of sp³-hybridized carbons (Fsp3) is 0.0909. The van der Waals surface area contributed by atoms with Gasteiger partial charge < -0.3 is 0 Å². The smallest absolute Gasteiger partial charge is 0.129 e. The van der Waals surface area contributed by atoms with Gasteiger partial charge in [-0.2, -0.15) is 0 Å². The minimum absolute atomic E-state index is 0.500. The summed E-state index contributed by atoms with van der Waals surface area (Å²) in [6.07, 6.45) is 1.76. The Hall–Kier alpha value is -1.06. The molecule has 2 nitrogen and oxygen atoms in total. The van der Waals surface area contributed by atoms with Crippen molar-refractivity contribution in [3.05, 3.63) is 41.2 Å². The molecule has 15 heavy (non-hydrogen) atoms. The average molecular weight is 237 g/mol. The maximum atomic E-state index is 5.83. The van der Waals surface area contributed by atoms with Gasteiger partial charge in [-0.1, -0.05) is 23.7 Å². The Bertz CT molecular complexity index is 537. The predicted molar refractivity (Wildman–Crippen MR) is 68.0 cm³/mol. The summed E-state index contributed by atoms with van der Waals surface area (Å²) < 4.78 is 3.85. The molecule has 4 heteroatoms. The minimum atomic E-state index is 0.500. The maximum absolute atomic E-state index is 5.83. The van der Waals surface area contributed by atoms with Gasteiger partial charge in [0.15, 0.2) is 0 Å². The second kappa shape index (κ2) is 4.21. The van der Waals surface area contributed by atoms with Crippen LogP contribution in [0.1, 0.15) is 12.5 Å². The first-order chi connectivity index (χ1) is 7.20. The Balaban J connectivity index is 2.64. The van der Waals surface area contributed by atoms with Gasteiger partial charge >= 0.3 is 0 Å². The van der Waals surface area contributed by atoms with E-state index in [-0.39, 0.29) is 0 Å². The summed E-state index contributed by atoms with van der Waals surface area (Å²) in [5.74, 6) is 0. The van der Waals surface area contributed by atoms with Gasteiger partial charge in [0.05, 0.1) is 5.71 Å². The first-order valence-electron chi connectivity index (χ1n) is 4.45. The van der Waals surface area contributed by atoms with Gasteiger partial charge in [0.2, 0.25) is 0 Å². The number of rotatable bonds is 1. The van der Waals surface area contributed by atoms with E-state index in [9.17, 15) is 0 Å². The van der Waals surface area contributed by atoms with Crippen LogP contribution in [0.3, 0.4) is 0 Å². The molecule has 0 radical (unpaired) electrons. The lowest BCUT2D eigenvalue weighted by Gasteiger charge is -2.02. The summed E-state index contributed by atoms with van der Waals surface area (Å²) in [6, 6.07) is 7.85. The highest BCUT2D eigenvalue weighted by Gasteiger charge is 2.00. The standard InChI is InChI=1S/C11H9ClN2S/c1-7(14-15)8-2-3-9-6-13-11(12)5-10(9)4-8/h2-6,15H,1H3/b14-7+. The first kappa shape index (κ1) is 10.5. The fourth-order valence-corrected chi connectivity index (χ4v) is 1.68. The topological polar surface area (TPSA) is 25.2 Å². The third kappa shape index (κ3) is 2.13. The second-order valence-corrected chi connectivity index (χ2v) is 3.84. The number of hydrogen-bond acceptors (Lipinski definition) is 3. The minimum Gasteiger partial charge on any atom is -0.244 e. The molecule has 0 bridgehead atoms. The van der Waals surface area contributed by atoms with Crippen molar-refractivity contribution in [2.24, 2.45) is 4.40 Å². The maximum Gasteiger partial charge on any atom is 0.129 e. The molecule has 0 aliphatic rings. The van der Waals surface area contributed by atoms with Crippen LogP contribution in [0.4, 0.5) is 0 Å². The highest BCUT2D eigenvalue weighted by atomic mass is 35.5. The Morgan fingerprint density at radius 1 is 1.33 bits per heavy atom. The third-order valence-corrected chi connectivity index (χ3v) is 2.76. The number of benzene rings is 1. The van der Waals surface area contributed by atoms with Gasteiger partial charge in [0.1, 0.15) is 5.15 Å². The molecular formula is C11H9ClN2S. The van der Waals surface area contributed by atoms with E-state index in [1.807, 2.05) is 31.2 Å². The molecule has 0 aliphatic heterocycles. The zero-order valence-electron chi connectivity index (χ0n) is 8.11. The van der Waals surface area contributed by atoms with Crippen molar-refractivity contribution in [2.75, 3.05) is 0 Å². The molecule has 0 fully saturated rings. The van der Waals surface area contributed by atoms with E-state index < -0.39 is 0 Å². The molecule has 1 aromatic carbocycles. The van der Waals surface area contributed by atoms with Crippen molar-refractivity contribution in [1.29, 1.82) is 0 Å². The molecule has 0 saturated carbocycles. The number of hydrogen-bond donors (Lipinski definition) is 1. The second-order valence-electron chi connectivity index (χ2n) is 3.25. The fourth-order valence-electron chi connectivity index (χ4n) is 1.40. The normalized spacial score (nSPS) is 12.1. The lowest BCUT2D eigenvalue weighted by atomic mass is 10.1. The van der Waals surface area contributed by atoms with Gasteiger partial charge in [-0.25, -0.2) is 9.38 Å². The Kier molecular flexibility index (Phi) is 2.93. The zero-order valence-corrected chi connectivity index (χ0v) is 9.76. The number of fused-ring (bicyclic) bond motifs is 1. The van der Waals surface area contributed by atoms with Crippen LogP contribution in [-0.4, -0.2) is 10.7 Å². The van der Waals surface area contributed by atoms with E-state index in [0.717, 1.165) is 22.0 Å². The molecule has 2 aromatic rings. The monoisotopic (exact) mass is 236 g/mol. The van der Waals surface area contributed by atoms with E-state index in [1.165, 1.54) is 0 Å². The lowest BCUT2D eigenvalue weighted by Crippen LogP contribution is -1.92. The van der Waals surface area contributed by atoms with Crippen LogP contribution in [-0.2, 0) is 0 Å². The molecule has 0 amide bonds. The molecule has 0 atom stereocenters. The van der Waals surface area contributed by atoms with Gasteiger partial charge in [0, 0.05) is 11.6 Å². The van der Waals surface area contributed by atoms with Crippen LogP contribution in [0.25, 0.3) is 10.8 Å². The molecule has 1 heterocycles. The van der Waals surface area contributed by atoms with Crippen LogP contribution in [0.15, 0.2) is 34.9 Å². The summed E-state index contributed by atoms with van der Waals surface area (Å²) in [4.78, 5) is 4.02. The van der Waals surface area contributed by atoms with Crippen LogP contribution >= 0.6 is 24.4 Å². The molecule has 0 unspecified atom stereocenters.